The van der Waals surface area contributed by atoms with Crippen LogP contribution in [0, 0.1) is 0 Å². The molecule has 5 heteroatoms. The molecule has 4 nitrogen and oxygen atoms in total. The number of hydrogen-bond donors (Lipinski definition) is 2. The second-order valence-corrected chi connectivity index (χ2v) is 5.49. The topological polar surface area (TPSA) is 72.5 Å². The van der Waals surface area contributed by atoms with Crippen LogP contribution in [-0.4, -0.2) is 24.2 Å². The lowest BCUT2D eigenvalue weighted by molar-refractivity contribution is -0.142. The summed E-state index contributed by atoms with van der Waals surface area (Å²) in [4.78, 5) is 11.4. The number of halogens is 1. The molecule has 0 aliphatic rings. The lowest BCUT2D eigenvalue weighted by Crippen LogP contribution is -2.33. The summed E-state index contributed by atoms with van der Waals surface area (Å²) >= 11 is 6.08. The van der Waals surface area contributed by atoms with Crippen molar-refractivity contribution in [1.29, 1.82) is 0 Å². The Labute approximate surface area is 134 Å². The van der Waals surface area contributed by atoms with Gasteiger partial charge >= 0.3 is 5.97 Å². The lowest BCUT2D eigenvalue weighted by Gasteiger charge is -2.13. The van der Waals surface area contributed by atoms with E-state index in [1.165, 1.54) is 7.11 Å². The quantitative estimate of drug-likeness (QED) is 0.831. The Hall–Kier alpha value is -2.04. The van der Waals surface area contributed by atoms with Crippen LogP contribution in [0.2, 0.25) is 5.02 Å². The molecule has 0 saturated heterocycles. The molecular formula is C17H18ClNO3. The van der Waals surface area contributed by atoms with E-state index in [1.54, 1.807) is 6.07 Å². The summed E-state index contributed by atoms with van der Waals surface area (Å²) in [6.45, 7) is 0. The molecule has 2 aromatic carbocycles. The van der Waals surface area contributed by atoms with Crippen LogP contribution in [0.1, 0.15) is 16.7 Å². The summed E-state index contributed by atoms with van der Waals surface area (Å²) in [5, 5.41) is 10.3. The van der Waals surface area contributed by atoms with Crippen molar-refractivity contribution in [3.8, 4) is 5.75 Å². The molecule has 1 atom stereocenters. The van der Waals surface area contributed by atoms with E-state index in [2.05, 4.69) is 4.74 Å². The molecule has 0 amide bonds. The highest BCUT2D eigenvalue weighted by molar-refractivity contribution is 6.32. The maximum Gasteiger partial charge on any atom is 0.322 e. The van der Waals surface area contributed by atoms with E-state index >= 15 is 0 Å². The van der Waals surface area contributed by atoms with Gasteiger partial charge in [0.25, 0.3) is 0 Å². The van der Waals surface area contributed by atoms with Crippen LogP contribution in [0.25, 0.3) is 0 Å². The van der Waals surface area contributed by atoms with E-state index in [0.717, 1.165) is 11.1 Å². The van der Waals surface area contributed by atoms with Gasteiger partial charge < -0.3 is 15.6 Å². The first kappa shape index (κ1) is 16.3. The van der Waals surface area contributed by atoms with Crippen LogP contribution in [0.15, 0.2) is 42.5 Å². The highest BCUT2D eigenvalue weighted by atomic mass is 35.5. The van der Waals surface area contributed by atoms with E-state index in [0.29, 0.717) is 12.0 Å². The summed E-state index contributed by atoms with van der Waals surface area (Å²) in [6.07, 6.45) is 0.849. The minimum Gasteiger partial charge on any atom is -0.506 e. The fourth-order valence-electron chi connectivity index (χ4n) is 2.28. The average molecular weight is 320 g/mol. The third kappa shape index (κ3) is 4.00. The zero-order valence-corrected chi connectivity index (χ0v) is 13.0. The van der Waals surface area contributed by atoms with Gasteiger partial charge in [0, 0.05) is 6.42 Å². The maximum absolute atomic E-state index is 11.4. The van der Waals surface area contributed by atoms with Gasteiger partial charge in [-0.05, 0) is 29.2 Å². The second-order valence-electron chi connectivity index (χ2n) is 5.08. The molecule has 2 rings (SSSR count). The van der Waals surface area contributed by atoms with E-state index in [4.69, 9.17) is 17.3 Å². The lowest BCUT2D eigenvalue weighted by atomic mass is 9.99. The fourth-order valence-corrected chi connectivity index (χ4v) is 2.54. The first-order chi connectivity index (χ1) is 10.5. The smallest absolute Gasteiger partial charge is 0.322 e. The Balaban J connectivity index is 2.25. The zero-order valence-electron chi connectivity index (χ0n) is 12.3. The summed E-state index contributed by atoms with van der Waals surface area (Å²) in [5.41, 5.74) is 8.37. The van der Waals surface area contributed by atoms with E-state index in [-0.39, 0.29) is 17.2 Å². The Morgan fingerprint density at radius 2 is 1.95 bits per heavy atom. The molecule has 0 radical (unpaired) electrons. The Bertz CT molecular complexity index is 658. The molecule has 0 saturated carbocycles. The number of carbonyl (C=O) groups is 1. The molecule has 116 valence electrons. The van der Waals surface area contributed by atoms with Crippen LogP contribution >= 0.6 is 11.6 Å². The average Bonchev–Trinajstić information content (AvgIpc) is 2.52. The molecule has 0 spiro atoms. The van der Waals surface area contributed by atoms with Crippen molar-refractivity contribution in [3.05, 3.63) is 64.2 Å². The number of carbonyl (C=O) groups excluding carboxylic acids is 1. The largest absolute Gasteiger partial charge is 0.506 e. The Morgan fingerprint density at radius 3 is 2.59 bits per heavy atom. The van der Waals surface area contributed by atoms with E-state index in [1.807, 2.05) is 36.4 Å². The molecule has 0 bridgehead atoms. The Kier molecular flexibility index (Phi) is 5.41. The maximum atomic E-state index is 11.4. The van der Waals surface area contributed by atoms with E-state index in [9.17, 15) is 9.90 Å². The molecule has 0 aliphatic heterocycles. The molecule has 22 heavy (non-hydrogen) atoms. The fraction of sp³-hybridized carbons (Fsp3) is 0.235. The number of esters is 1. The predicted molar refractivity (Wildman–Crippen MR) is 86.1 cm³/mol. The molecule has 3 N–H and O–H groups in total. The third-order valence-corrected chi connectivity index (χ3v) is 3.69. The van der Waals surface area contributed by atoms with E-state index < -0.39 is 12.0 Å². The predicted octanol–water partition coefficient (Wildman–Crippen LogP) is 2.68. The van der Waals surface area contributed by atoms with Gasteiger partial charge in [0.05, 0.1) is 12.1 Å². The highest BCUT2D eigenvalue weighted by Crippen LogP contribution is 2.30. The highest BCUT2D eigenvalue weighted by Gasteiger charge is 2.18. The summed E-state index contributed by atoms with van der Waals surface area (Å²) in [7, 11) is 1.28. The van der Waals surface area contributed by atoms with Crippen molar-refractivity contribution in [2.45, 2.75) is 18.9 Å². The van der Waals surface area contributed by atoms with Gasteiger partial charge in [-0.25, -0.2) is 0 Å². The van der Waals surface area contributed by atoms with Crippen molar-refractivity contribution >= 4 is 17.6 Å². The number of aromatic hydroxyl groups is 1. The van der Waals surface area contributed by atoms with Crippen molar-refractivity contribution in [3.63, 3.8) is 0 Å². The molecule has 2 aromatic rings. The van der Waals surface area contributed by atoms with Crippen LogP contribution in [0.5, 0.6) is 5.75 Å². The number of ether oxygens (including phenoxy) is 1. The molecule has 0 fully saturated rings. The first-order valence-electron chi connectivity index (χ1n) is 6.89. The number of phenolic OH excluding ortho intramolecular Hbond substituents is 1. The number of hydrogen-bond acceptors (Lipinski definition) is 4. The van der Waals surface area contributed by atoms with Crippen molar-refractivity contribution in [1.82, 2.24) is 0 Å². The van der Waals surface area contributed by atoms with Crippen LogP contribution < -0.4 is 5.73 Å². The molecular weight excluding hydrogens is 302 g/mol. The minimum absolute atomic E-state index is 0.0437. The van der Waals surface area contributed by atoms with Gasteiger partial charge in [0.15, 0.2) is 0 Å². The van der Waals surface area contributed by atoms with Crippen LogP contribution in [0.4, 0.5) is 0 Å². The second kappa shape index (κ2) is 7.29. The normalized spacial score (nSPS) is 12.0. The van der Waals surface area contributed by atoms with Crippen molar-refractivity contribution in [2.75, 3.05) is 7.11 Å². The number of nitrogens with two attached hydrogens (primary N) is 1. The third-order valence-electron chi connectivity index (χ3n) is 3.40. The minimum atomic E-state index is -0.834. The van der Waals surface area contributed by atoms with Gasteiger partial charge in [0.1, 0.15) is 11.8 Å². The summed E-state index contributed by atoms with van der Waals surface area (Å²) < 4.78 is 4.60. The number of phenols is 1. The van der Waals surface area contributed by atoms with Crippen LogP contribution in [-0.2, 0) is 22.4 Å². The monoisotopic (exact) mass is 319 g/mol. The SMILES string of the molecule is COC(=O)C(N)Cc1cc(Cc2ccccc2)cc(Cl)c1O. The van der Waals surface area contributed by atoms with Crippen molar-refractivity contribution in [2.24, 2.45) is 5.73 Å². The van der Waals surface area contributed by atoms with Gasteiger partial charge in [-0.2, -0.15) is 0 Å². The van der Waals surface area contributed by atoms with Gasteiger partial charge in [-0.15, -0.1) is 0 Å². The number of methoxy groups -OCH3 is 1. The first-order valence-corrected chi connectivity index (χ1v) is 7.26. The van der Waals surface area contributed by atoms with Gasteiger partial charge in [0.2, 0.25) is 0 Å². The molecule has 0 aliphatic carbocycles. The Morgan fingerprint density at radius 1 is 1.27 bits per heavy atom. The summed E-state index contributed by atoms with van der Waals surface area (Å²) in [6, 6.07) is 12.6. The summed E-state index contributed by atoms with van der Waals surface area (Å²) in [5.74, 6) is -0.568. The van der Waals surface area contributed by atoms with Crippen LogP contribution in [0.3, 0.4) is 0 Å². The van der Waals surface area contributed by atoms with Gasteiger partial charge in [-0.1, -0.05) is 48.0 Å². The number of rotatable bonds is 5. The van der Waals surface area contributed by atoms with Crippen molar-refractivity contribution < 1.29 is 14.6 Å². The standard InChI is InChI=1S/C17H18ClNO3/c1-22-17(21)15(19)10-13-8-12(9-14(18)16(13)20)7-11-5-3-2-4-6-11/h2-6,8-9,15,20H,7,10,19H2,1H3. The zero-order chi connectivity index (χ0) is 16.1. The number of benzene rings is 2. The molecule has 0 heterocycles. The molecule has 1 unspecified atom stereocenters. The molecule has 0 aromatic heterocycles. The van der Waals surface area contributed by atoms with Gasteiger partial charge in [-0.3, -0.25) is 4.79 Å².